The number of carboxylic acid groups (broad SMARTS) is 2. The second kappa shape index (κ2) is 45.0. The number of piperazine rings is 1. The number of likely N-dealkylation sites (N-methyl/N-ethyl adjacent to an activating group) is 1. The number of carbonyl (C=O) groups is 11. The number of nitrogens with zero attached hydrogens (tertiary/aromatic N) is 5. The van der Waals surface area contributed by atoms with Crippen LogP contribution in [-0.4, -0.2) is 288 Å². The Hall–Kier alpha value is -8.33. The molecule has 108 heavy (non-hydrogen) atoms. The molecule has 4 rings (SSSR count). The third kappa shape index (κ3) is 36.3. The Morgan fingerprint density at radius 2 is 0.944 bits per heavy atom. The van der Waals surface area contributed by atoms with Crippen LogP contribution in [0, 0.1) is 6.92 Å². The summed E-state index contributed by atoms with van der Waals surface area (Å²) in [6.45, 7) is 23.3. The van der Waals surface area contributed by atoms with Crippen LogP contribution in [0.5, 0.6) is 0 Å². The highest BCUT2D eigenvalue weighted by Crippen LogP contribution is 2.14. The highest BCUT2D eigenvalue weighted by Gasteiger charge is 2.40. The van der Waals surface area contributed by atoms with E-state index in [1.54, 1.807) is 41.9 Å². The number of aromatic nitrogens is 3. The Labute approximate surface area is 629 Å². The smallest absolute Gasteiger partial charge is 0.354 e. The van der Waals surface area contributed by atoms with E-state index in [2.05, 4.69) is 25.0 Å². The van der Waals surface area contributed by atoms with Crippen LogP contribution in [0.1, 0.15) is 147 Å². The maximum Gasteiger partial charge on any atom is 0.354 e. The summed E-state index contributed by atoms with van der Waals surface area (Å²) in [6.07, 6.45) is 2.77. The molecule has 3 radical (unpaired) electrons. The molecule has 2 aliphatic rings. The number of H-pyrrole nitrogens is 2. The number of pyridine rings is 1. The van der Waals surface area contributed by atoms with E-state index in [0.29, 0.717) is 26.3 Å². The third-order valence-corrected chi connectivity index (χ3v) is 26.5. The molecule has 14 N–H and O–H groups in total. The molecule has 2 aromatic rings. The van der Waals surface area contributed by atoms with Crippen LogP contribution in [0.2, 0.25) is 0 Å². The molecule has 2 aliphatic heterocycles. The summed E-state index contributed by atoms with van der Waals surface area (Å²) >= 11 is 0. The first kappa shape index (κ1) is 106. The monoisotopic (exact) mass is 1700 g/mol. The number of rotatable bonds is 24. The van der Waals surface area contributed by atoms with Gasteiger partial charge in [0.2, 0.25) is 86.1 Å². The summed E-state index contributed by atoms with van der Waals surface area (Å²) in [7, 11) is -26.3. The summed E-state index contributed by atoms with van der Waals surface area (Å²) in [5, 5.41) is 14.3. The van der Waals surface area contributed by atoms with E-state index in [-0.39, 0.29) is 51.8 Å². The number of nitrogens with two attached hydrogens (primary N) is 1. The predicted octanol–water partition coefficient (Wildman–Crippen LogP) is -4.75. The zero-order valence-electron chi connectivity index (χ0n) is 62.3. The molecule has 2 fully saturated rings. The van der Waals surface area contributed by atoms with E-state index in [1.165, 1.54) is 114 Å². The molecule has 0 aliphatic carbocycles. The van der Waals surface area contributed by atoms with Gasteiger partial charge in [-0.15, -0.1) is 0 Å². The fourth-order valence-corrected chi connectivity index (χ4v) is 11.0. The number of imide groups is 2. The van der Waals surface area contributed by atoms with Gasteiger partial charge in [0.15, 0.2) is 16.8 Å². The Morgan fingerprint density at radius 3 is 1.30 bits per heavy atom. The number of aryl methyl sites for hydroxylation is 1. The van der Waals surface area contributed by atoms with Crippen LogP contribution < -0.4 is 49.5 Å². The highest BCUT2D eigenvalue weighted by atomic mass is 32.2. The van der Waals surface area contributed by atoms with Crippen molar-refractivity contribution in [2.24, 2.45) is 5.73 Å². The minimum atomic E-state index is -3.87. The lowest BCUT2D eigenvalue weighted by molar-refractivity contribution is -0.153. The fourth-order valence-electron chi connectivity index (χ4n) is 6.04. The van der Waals surface area contributed by atoms with Gasteiger partial charge in [-0.1, -0.05) is 0 Å². The zero-order valence-corrected chi connectivity index (χ0v) is 68.8. The van der Waals surface area contributed by atoms with Crippen LogP contribution in [0.25, 0.3) is 0 Å². The fraction of sp³-hybridized carbons (Fsp3) is 0.642. The third-order valence-electron chi connectivity index (χ3n) is 13.2. The van der Waals surface area contributed by atoms with Gasteiger partial charge in [0.25, 0.3) is 17.7 Å². The van der Waals surface area contributed by atoms with Crippen molar-refractivity contribution in [1.82, 2.24) is 72.3 Å². The summed E-state index contributed by atoms with van der Waals surface area (Å²) < 4.78 is 193. The van der Waals surface area contributed by atoms with Crippen LogP contribution in [0.3, 0.4) is 0 Å². The number of sulfonamides is 8. The maximum absolute atomic E-state index is 11.7. The number of aromatic carboxylic acids is 1. The Kier molecular flexibility index (Phi) is 44.2. The first-order valence-corrected chi connectivity index (χ1v) is 43.6. The lowest BCUT2D eigenvalue weighted by Crippen LogP contribution is -2.59. The topological polar surface area (TPSA) is 698 Å². The number of aliphatic carboxylic acids is 1. The van der Waals surface area contributed by atoms with Gasteiger partial charge in [-0.05, 0) is 118 Å². The van der Waals surface area contributed by atoms with Crippen LogP contribution in [0.15, 0.2) is 23.4 Å². The number of imidazole rings is 1. The largest absolute Gasteiger partial charge is 0.480 e. The van der Waals surface area contributed by atoms with E-state index in [1.807, 2.05) is 14.2 Å². The van der Waals surface area contributed by atoms with Gasteiger partial charge < -0.3 is 36.1 Å². The average Bonchev–Trinajstić information content (AvgIpc) is 1.65. The van der Waals surface area contributed by atoms with Gasteiger partial charge in [0.05, 0.1) is 74.9 Å². The van der Waals surface area contributed by atoms with Crippen molar-refractivity contribution in [3.8, 4) is 0 Å². The summed E-state index contributed by atoms with van der Waals surface area (Å²) in [5.41, 5.74) is 4.29. The molecule has 46 nitrogen and oxygen atoms in total. The molecule has 0 spiro atoms. The molecular weight excluding hydrogens is 1610 g/mol. The zero-order chi connectivity index (χ0) is 85.0. The number of carboxylic acids is 2. The van der Waals surface area contributed by atoms with Crippen molar-refractivity contribution in [3.05, 3.63) is 51.5 Å². The van der Waals surface area contributed by atoms with Crippen LogP contribution in [0.4, 0.5) is 14.4 Å². The molecular formula is C53H96BN16O30S8. The molecule has 0 aromatic carbocycles. The van der Waals surface area contributed by atoms with E-state index >= 15 is 0 Å². The number of nitrogens with one attached hydrogen (secondary N) is 10. The van der Waals surface area contributed by atoms with Gasteiger partial charge in [0, 0.05) is 53.1 Å². The molecule has 4 heterocycles. The lowest BCUT2D eigenvalue weighted by atomic mass is 10.2. The number of hydrogen-bond donors (Lipinski definition) is 13. The van der Waals surface area contributed by atoms with Crippen molar-refractivity contribution in [2.45, 2.75) is 160 Å². The van der Waals surface area contributed by atoms with E-state index in [4.69, 9.17) is 15.9 Å². The molecule has 619 valence electrons. The molecule has 55 heteroatoms. The predicted molar refractivity (Wildman–Crippen MR) is 391 cm³/mol. The summed E-state index contributed by atoms with van der Waals surface area (Å²) in [4.78, 5) is 147. The Bertz CT molecular complexity index is 4530. The van der Waals surface area contributed by atoms with Gasteiger partial charge in [-0.2, -0.15) is 0 Å². The number of aromatic amines is 2. The minimum absolute atomic E-state index is 0. The SMILES string of the molecule is CC(C)S(=O)(=O)NC(=O)N1CCN(S(C)(=O)=O)C1=O.CC(C)S(=O)(=O)NC(=O)c1nc[nH]c1C(=O)O.CC(C)S(=O)(=O)NCC(=O)O.CCN1CCN(C(=O)NS(=O)(=O)C(C)C)C(=O)C1=O.CNC(=O)CC(N)C(=O)NS(=O)(=O)C(C)C.CNS(=O)(=O)C(C)C.Cc1cc(=O)c(C(=O)NS(=O)(=O)C(C)C)c[nH]1.[B]. The van der Waals surface area contributed by atoms with Crippen molar-refractivity contribution in [2.75, 3.05) is 59.6 Å². The van der Waals surface area contributed by atoms with Crippen LogP contribution in [-0.2, 0) is 104 Å². The van der Waals surface area contributed by atoms with E-state index < -0.39 is 207 Å². The number of hydrogen-bond acceptors (Lipinski definition) is 30. The second-order valence-corrected chi connectivity index (χ2v) is 41.5. The van der Waals surface area contributed by atoms with Gasteiger partial charge in [-0.25, -0.2) is 129 Å². The highest BCUT2D eigenvalue weighted by molar-refractivity contribution is 7.92. The lowest BCUT2D eigenvalue weighted by Gasteiger charge is -2.31. The van der Waals surface area contributed by atoms with Crippen molar-refractivity contribution in [1.29, 1.82) is 0 Å². The van der Waals surface area contributed by atoms with Crippen molar-refractivity contribution >= 4 is 154 Å². The number of carbonyl (C=O) groups excluding carboxylic acids is 9. The standard InChI is InChI=1S/C10H17N3O5S.C10H14N2O4S.C8H15N3O6S2.C8H11N3O5S.C8H17N3O4S.C5H11NO4S.C4H11NO2S.B/c1-4-12-5-6-13(9(15)8(12)14)10(16)11-19(17,18)7(2)3;1-6(2)17(15,16)12-10(14)8-5-11-7(3)4-9(8)13;1-6(2)19(16,17)9-7(12)10-4-5-11(8(10)13)18(3,14)15;1-4(2)17(15,16)11-7(12)5-6(8(13)14)10-3-9-5;1-5(2)16(14,15)11-8(13)6(9)4-7(12)10-3;1-4(2)11(9,10)6-3-5(7)8;1-4(2)8(6,7)5-3;/h7H,4-6H2,1-3H3,(H,11,16);4-6H,1-3H3,(H,11,13)(H,12,14);6H,4-5H2,1-3H3,(H,9,12);3-4H,1-2H3,(H,9,10)(H,11,12)(H,13,14);5-6H,4,9H2,1-3H3,(H,10,12)(H,11,13);4,6H,3H2,1-2H3,(H,7,8);4-5H,1-3H3;. The Morgan fingerprint density at radius 1 is 0.546 bits per heavy atom. The molecule has 2 aromatic heterocycles. The molecule has 0 saturated carbocycles. The normalized spacial score (nSPS) is 13.8. The van der Waals surface area contributed by atoms with Crippen molar-refractivity contribution in [3.63, 3.8) is 0 Å². The molecule has 2 saturated heterocycles. The number of urea groups is 3. The van der Waals surface area contributed by atoms with Crippen molar-refractivity contribution < 1.29 is 130 Å². The van der Waals surface area contributed by atoms with Gasteiger partial charge in [-0.3, -0.25) is 48.0 Å². The molecule has 1 unspecified atom stereocenters. The van der Waals surface area contributed by atoms with E-state index in [9.17, 15) is 125 Å². The minimum Gasteiger partial charge on any atom is -0.480 e. The summed E-state index contributed by atoms with van der Waals surface area (Å²) in [6, 6.07) is -3.23. The number of amides is 12. The van der Waals surface area contributed by atoms with Gasteiger partial charge in [0.1, 0.15) is 12.1 Å². The first-order valence-electron chi connectivity index (χ1n) is 31.0. The van der Waals surface area contributed by atoms with E-state index in [0.717, 1.165) is 12.6 Å². The Balaban J connectivity index is -0.000000591. The maximum atomic E-state index is 11.7. The first-order chi connectivity index (χ1) is 48.2. The quantitative estimate of drug-likeness (QED) is 0.0347. The van der Waals surface area contributed by atoms with Gasteiger partial charge >= 0.3 is 41.8 Å². The van der Waals surface area contributed by atoms with Crippen LogP contribution >= 0.6 is 0 Å². The molecule has 1 atom stereocenters. The second-order valence-electron chi connectivity index (χ2n) is 23.6. The molecule has 12 amide bonds. The summed E-state index contributed by atoms with van der Waals surface area (Å²) in [5.74, 6) is -7.68. The average molecular weight is 1700 g/mol. The molecule has 0 bridgehead atoms.